The van der Waals surface area contributed by atoms with Gasteiger partial charge in [-0.15, -0.1) is 0 Å². The summed E-state index contributed by atoms with van der Waals surface area (Å²) >= 11 is 2.21. The van der Waals surface area contributed by atoms with Gasteiger partial charge in [0, 0.05) is 42.5 Å². The van der Waals surface area contributed by atoms with Crippen LogP contribution in [0.15, 0.2) is 0 Å². The van der Waals surface area contributed by atoms with Crippen molar-refractivity contribution in [3.8, 4) is 0 Å². The van der Waals surface area contributed by atoms with Gasteiger partial charge in [0.05, 0.1) is 0 Å². The molecule has 0 fully saturated rings. The third-order valence-electron chi connectivity index (χ3n) is 0. The van der Waals surface area contributed by atoms with E-state index < -0.39 is 0 Å². The van der Waals surface area contributed by atoms with Crippen LogP contribution in [-0.2, 0) is 19.5 Å². The van der Waals surface area contributed by atoms with Crippen LogP contribution in [0.1, 0.15) is 0 Å². The summed E-state index contributed by atoms with van der Waals surface area (Å²) in [4.78, 5) is 0. The predicted molar refractivity (Wildman–Crippen MR) is 19.1 cm³/mol. The number of hydrogen-bond donors (Lipinski definition) is 0. The molecule has 16 valence electrons. The maximum Gasteiger partial charge on any atom is 0 e. The molecule has 0 unspecified atom stereocenters. The summed E-state index contributed by atoms with van der Waals surface area (Å²) < 4.78 is 0. The average molecular weight is 201 g/mol. The van der Waals surface area contributed by atoms with E-state index in [-0.39, 0.29) is 42.5 Å². The normalized spacial score (nSPS) is 1.00. The van der Waals surface area contributed by atoms with Crippen LogP contribution in [0, 0.1) is 0 Å². The molecule has 0 aliphatic rings. The Kier molecular flexibility index (Phi) is 79.4. The molecule has 0 spiro atoms. The van der Waals surface area contributed by atoms with Gasteiger partial charge in [-0.3, -0.25) is 0 Å². The van der Waals surface area contributed by atoms with Crippen molar-refractivity contribution in [3.63, 3.8) is 0 Å². The van der Waals surface area contributed by atoms with Crippen LogP contribution in [0.4, 0.5) is 0 Å². The monoisotopic (exact) mass is 200 g/mol. The van der Waals surface area contributed by atoms with Crippen molar-refractivity contribution in [1.29, 1.82) is 0 Å². The zero-order valence-corrected chi connectivity index (χ0v) is 9.14. The van der Waals surface area contributed by atoms with Gasteiger partial charge in [0.15, 0.2) is 0 Å². The second-order valence-corrected chi connectivity index (χ2v) is 0. The summed E-state index contributed by atoms with van der Waals surface area (Å²) in [5.74, 6) is 0. The van der Waals surface area contributed by atoms with Crippen molar-refractivity contribution >= 4 is 48.0 Å². The summed E-state index contributed by atoms with van der Waals surface area (Å²) in [5.41, 5.74) is 0. The first-order valence-corrected chi connectivity index (χ1v) is 2.60. The smallest absolute Gasteiger partial charge is 0 e. The first-order chi connectivity index (χ1) is 1.00. The van der Waals surface area contributed by atoms with Crippen molar-refractivity contribution in [2.24, 2.45) is 0 Å². The molecule has 0 saturated carbocycles. The molecule has 4 heteroatoms. The molecule has 0 aromatic carbocycles. The Balaban J connectivity index is -0.00000000500. The maximum absolute atomic E-state index is 3.96. The van der Waals surface area contributed by atoms with Crippen molar-refractivity contribution in [2.45, 2.75) is 0 Å². The molecule has 0 aromatic heterocycles. The molecule has 0 saturated heterocycles. The van der Waals surface area contributed by atoms with E-state index in [1.807, 2.05) is 0 Å². The third-order valence-corrected chi connectivity index (χ3v) is 0. The van der Waals surface area contributed by atoms with Crippen LogP contribution in [0.5, 0.6) is 0 Å². The molecular weight excluding hydrogens is 201 g/mol. The predicted octanol–water partition coefficient (Wildman–Crippen LogP) is -0.116. The van der Waals surface area contributed by atoms with E-state index in [0.717, 1.165) is 0 Å². The zero-order chi connectivity index (χ0) is 2.00. The summed E-state index contributed by atoms with van der Waals surface area (Å²) in [6, 6.07) is 0. The van der Waals surface area contributed by atoms with Crippen LogP contribution >= 0.6 is 10.6 Å². The quantitative estimate of drug-likeness (QED) is 0.492. The molecule has 0 amide bonds. The maximum atomic E-state index is 3.96. The summed E-state index contributed by atoms with van der Waals surface area (Å²) in [6.45, 7) is 0. The molecule has 0 aliphatic heterocycles. The minimum Gasteiger partial charge on any atom is 0 e. The van der Waals surface area contributed by atoms with E-state index in [9.17, 15) is 0 Å². The van der Waals surface area contributed by atoms with Gasteiger partial charge in [0.1, 0.15) is 0 Å². The summed E-state index contributed by atoms with van der Waals surface area (Å²) in [7, 11) is 3.96. The fourth-order valence-electron chi connectivity index (χ4n) is 0. The molecule has 4 heavy (non-hydrogen) atoms. The Morgan fingerprint density at radius 1 is 1.25 bits per heavy atom. The first kappa shape index (κ1) is 16.5. The molecule has 0 atom stereocenters. The minimum absolute atomic E-state index is 0. The van der Waals surface area contributed by atoms with Gasteiger partial charge in [-0.25, -0.2) is 0 Å². The van der Waals surface area contributed by atoms with E-state index >= 15 is 0 Å². The van der Waals surface area contributed by atoms with Crippen LogP contribution in [0.25, 0.3) is 0 Å². The van der Waals surface area contributed by atoms with E-state index in [1.165, 1.54) is 0 Å². The number of hydrogen-bond acceptors (Lipinski definition) is 1. The topological polar surface area (TPSA) is 0 Å². The van der Waals surface area contributed by atoms with E-state index in [1.54, 1.807) is 0 Å². The summed E-state index contributed by atoms with van der Waals surface area (Å²) in [5, 5.41) is 0. The molecule has 0 N–H and O–H groups in total. The van der Waals surface area contributed by atoms with Crippen molar-refractivity contribution in [2.75, 3.05) is 0 Å². The Hall–Kier alpha value is 2.13. The Morgan fingerprint density at radius 2 is 1.25 bits per heavy atom. The van der Waals surface area contributed by atoms with Crippen LogP contribution in [-0.4, -0.2) is 37.4 Å². The van der Waals surface area contributed by atoms with Gasteiger partial charge >= 0.3 is 24.9 Å². The van der Waals surface area contributed by atoms with Crippen molar-refractivity contribution in [3.05, 3.63) is 0 Å². The fourth-order valence-corrected chi connectivity index (χ4v) is 0. The van der Waals surface area contributed by atoms with Crippen LogP contribution in [0.3, 0.4) is 0 Å². The van der Waals surface area contributed by atoms with Gasteiger partial charge in [-0.1, -0.05) is 0 Å². The van der Waals surface area contributed by atoms with Gasteiger partial charge in [-0.2, -0.15) is 0 Å². The standard InChI is InChI=1S/Mg.SSe.Zn/c;1-2;. The second kappa shape index (κ2) is 19.3. The van der Waals surface area contributed by atoms with Gasteiger partial charge in [-0.05, 0) is 0 Å². The van der Waals surface area contributed by atoms with E-state index in [2.05, 4.69) is 24.9 Å². The largest absolute Gasteiger partial charge is 0 e. The molecule has 0 bridgehead atoms. The second-order valence-electron chi connectivity index (χ2n) is 0. The molecule has 0 rings (SSSR count). The Bertz CT molecular complexity index is 8.00. The molecule has 0 aliphatic carbocycles. The van der Waals surface area contributed by atoms with Gasteiger partial charge in [0.2, 0.25) is 0 Å². The summed E-state index contributed by atoms with van der Waals surface area (Å²) in [6.07, 6.45) is 0. The molecule has 0 heterocycles. The SMILES string of the molecule is S=[Se].[Mg].[Zn]. The molecule has 0 aromatic rings. The molecular formula is MgSSeZn. The molecule has 2 radical (unpaired) electrons. The third kappa shape index (κ3) is 8.92. The van der Waals surface area contributed by atoms with Crippen LogP contribution in [0.2, 0.25) is 0 Å². The zero-order valence-electron chi connectivity index (χ0n) is 2.23. The number of rotatable bonds is 0. The van der Waals surface area contributed by atoms with Gasteiger partial charge in [0.25, 0.3) is 0 Å². The van der Waals surface area contributed by atoms with Crippen molar-refractivity contribution in [1.82, 2.24) is 0 Å². The van der Waals surface area contributed by atoms with Crippen molar-refractivity contribution < 1.29 is 19.5 Å². The minimum atomic E-state index is 0. The average Bonchev–Trinajstić information content (AvgIpc) is 1.00. The van der Waals surface area contributed by atoms with E-state index in [4.69, 9.17) is 0 Å². The Morgan fingerprint density at radius 3 is 1.25 bits per heavy atom. The molecule has 0 nitrogen and oxygen atoms in total. The Labute approximate surface area is 66.7 Å². The first-order valence-electron chi connectivity index (χ1n) is 0.167. The van der Waals surface area contributed by atoms with Gasteiger partial charge < -0.3 is 0 Å². The van der Waals surface area contributed by atoms with E-state index in [0.29, 0.717) is 0 Å². The van der Waals surface area contributed by atoms with Crippen LogP contribution < -0.4 is 0 Å². The fraction of sp³-hybridized carbons (Fsp3) is 0.